The van der Waals surface area contributed by atoms with E-state index in [4.69, 9.17) is 0 Å². The van der Waals surface area contributed by atoms with E-state index < -0.39 is 0 Å². The average Bonchev–Trinajstić information content (AvgIpc) is 3.15. The topological polar surface area (TPSA) is 62.5 Å². The molecule has 1 aliphatic rings. The molecule has 1 amide bonds. The van der Waals surface area contributed by atoms with Crippen LogP contribution in [0.1, 0.15) is 59.9 Å². The number of rotatable bonds is 7. The second-order valence-corrected chi connectivity index (χ2v) is 8.71. The normalized spacial score (nSPS) is 15.8. The van der Waals surface area contributed by atoms with E-state index >= 15 is 0 Å². The van der Waals surface area contributed by atoms with Gasteiger partial charge < -0.3 is 10.2 Å². The van der Waals surface area contributed by atoms with Gasteiger partial charge in [-0.05, 0) is 64.3 Å². The van der Waals surface area contributed by atoms with Crippen molar-refractivity contribution >= 4 is 11.6 Å². The lowest BCUT2D eigenvalue weighted by Crippen LogP contribution is -2.40. The molecule has 6 heteroatoms. The van der Waals surface area contributed by atoms with Crippen LogP contribution in [0.5, 0.6) is 0 Å². The van der Waals surface area contributed by atoms with Gasteiger partial charge in [0, 0.05) is 30.4 Å². The number of amides is 1. The number of nitrogens with one attached hydrogen (secondary N) is 1. The molecule has 1 fully saturated rings. The van der Waals surface area contributed by atoms with Crippen molar-refractivity contribution in [1.82, 2.24) is 24.8 Å². The molecule has 0 unspecified atom stereocenters. The van der Waals surface area contributed by atoms with Crippen LogP contribution < -0.4 is 5.32 Å². The molecule has 2 aromatic heterocycles. The van der Waals surface area contributed by atoms with Crippen LogP contribution in [0.3, 0.4) is 0 Å². The van der Waals surface area contributed by atoms with Gasteiger partial charge in [-0.1, -0.05) is 36.8 Å². The van der Waals surface area contributed by atoms with Gasteiger partial charge in [0.05, 0.1) is 11.7 Å². The fourth-order valence-corrected chi connectivity index (χ4v) is 4.63. The van der Waals surface area contributed by atoms with Crippen molar-refractivity contribution < 1.29 is 4.79 Å². The molecular weight excluding hydrogens is 386 g/mol. The number of hydrogen-bond donors (Lipinski definition) is 1. The van der Waals surface area contributed by atoms with Gasteiger partial charge >= 0.3 is 0 Å². The lowest BCUT2D eigenvalue weighted by Gasteiger charge is -2.31. The van der Waals surface area contributed by atoms with E-state index in [1.165, 1.54) is 24.8 Å². The fourth-order valence-electron chi connectivity index (χ4n) is 4.63. The van der Waals surface area contributed by atoms with E-state index in [0.717, 1.165) is 47.9 Å². The van der Waals surface area contributed by atoms with Gasteiger partial charge in [0.15, 0.2) is 5.65 Å². The first-order valence-electron chi connectivity index (χ1n) is 11.4. The van der Waals surface area contributed by atoms with Crippen LogP contribution in [0.4, 0.5) is 0 Å². The van der Waals surface area contributed by atoms with Crippen LogP contribution in [0.25, 0.3) is 5.65 Å². The minimum atomic E-state index is 0.0170. The van der Waals surface area contributed by atoms with Gasteiger partial charge in [-0.3, -0.25) is 4.79 Å². The third kappa shape index (κ3) is 5.13. The summed E-state index contributed by atoms with van der Waals surface area (Å²) < 4.78 is 1.89. The molecule has 1 N–H and O–H groups in total. The van der Waals surface area contributed by atoms with E-state index in [9.17, 15) is 4.79 Å². The number of benzene rings is 1. The molecule has 6 nitrogen and oxygen atoms in total. The Morgan fingerprint density at radius 2 is 1.84 bits per heavy atom. The highest BCUT2D eigenvalue weighted by Crippen LogP contribution is 2.20. The maximum absolute atomic E-state index is 13.0. The second-order valence-electron chi connectivity index (χ2n) is 8.71. The highest BCUT2D eigenvalue weighted by atomic mass is 16.1. The zero-order chi connectivity index (χ0) is 21.8. The van der Waals surface area contributed by atoms with Gasteiger partial charge in [-0.15, -0.1) is 0 Å². The minimum absolute atomic E-state index is 0.0170. The molecule has 3 aromatic rings. The molecule has 0 aliphatic carbocycles. The summed E-state index contributed by atoms with van der Waals surface area (Å²) in [6.45, 7) is 9.16. The number of fused-ring (bicyclic) bond motifs is 1. The van der Waals surface area contributed by atoms with Crippen molar-refractivity contribution in [3.8, 4) is 0 Å². The quantitative estimate of drug-likeness (QED) is 0.630. The average molecular weight is 420 g/mol. The summed E-state index contributed by atoms with van der Waals surface area (Å²) >= 11 is 0. The Hall–Kier alpha value is -2.73. The summed E-state index contributed by atoms with van der Waals surface area (Å²) in [5.74, 6) is 0.0846. The number of hydrogen-bond acceptors (Lipinski definition) is 4. The van der Waals surface area contributed by atoms with Crippen molar-refractivity contribution in [3.63, 3.8) is 0 Å². The molecule has 1 aromatic carbocycles. The number of aromatic nitrogens is 3. The summed E-state index contributed by atoms with van der Waals surface area (Å²) in [6, 6.07) is 12.3. The van der Waals surface area contributed by atoms with Crippen molar-refractivity contribution in [2.24, 2.45) is 0 Å². The number of carbonyl (C=O) groups is 1. The van der Waals surface area contributed by atoms with Gasteiger partial charge in [0.1, 0.15) is 0 Å². The van der Waals surface area contributed by atoms with E-state index in [-0.39, 0.29) is 11.9 Å². The molecule has 31 heavy (non-hydrogen) atoms. The van der Waals surface area contributed by atoms with Gasteiger partial charge in [-0.2, -0.15) is 5.10 Å². The monoisotopic (exact) mass is 419 g/mol. The second kappa shape index (κ2) is 9.60. The Kier molecular flexibility index (Phi) is 6.66. The SMILES string of the molecule is Cc1cc2nc(C)c(CCC(=O)N[C@H](CN3CCCCC3)c3ccccc3)c(C)n2n1. The fraction of sp³-hybridized carbons (Fsp3) is 0.480. The minimum Gasteiger partial charge on any atom is -0.348 e. The molecule has 0 bridgehead atoms. The molecular formula is C25H33N5O. The zero-order valence-electron chi connectivity index (χ0n) is 18.9. The highest BCUT2D eigenvalue weighted by Gasteiger charge is 2.20. The van der Waals surface area contributed by atoms with Crippen LogP contribution in [0.2, 0.25) is 0 Å². The van der Waals surface area contributed by atoms with Crippen LogP contribution >= 0.6 is 0 Å². The molecule has 3 heterocycles. The molecule has 0 saturated carbocycles. The summed E-state index contributed by atoms with van der Waals surface area (Å²) in [6.07, 6.45) is 4.91. The zero-order valence-corrected chi connectivity index (χ0v) is 18.9. The molecule has 4 rings (SSSR count). The molecule has 1 atom stereocenters. The predicted octanol–water partition coefficient (Wildman–Crippen LogP) is 3.93. The molecule has 1 aliphatic heterocycles. The summed E-state index contributed by atoms with van der Waals surface area (Å²) in [5, 5.41) is 7.85. The first-order valence-corrected chi connectivity index (χ1v) is 11.4. The van der Waals surface area contributed by atoms with Gasteiger partial charge in [0.25, 0.3) is 0 Å². The van der Waals surface area contributed by atoms with E-state index in [1.54, 1.807) is 0 Å². The number of aryl methyl sites for hydroxylation is 3. The summed E-state index contributed by atoms with van der Waals surface area (Å²) in [7, 11) is 0. The Bertz CT molecular complexity index is 1040. The van der Waals surface area contributed by atoms with Crippen molar-refractivity contribution in [1.29, 1.82) is 0 Å². The highest BCUT2D eigenvalue weighted by molar-refractivity contribution is 5.76. The lowest BCUT2D eigenvalue weighted by molar-refractivity contribution is -0.122. The van der Waals surface area contributed by atoms with Crippen LogP contribution in [0, 0.1) is 20.8 Å². The third-order valence-corrected chi connectivity index (χ3v) is 6.31. The first kappa shape index (κ1) is 21.5. The Morgan fingerprint density at radius 3 is 2.58 bits per heavy atom. The molecule has 0 spiro atoms. The van der Waals surface area contributed by atoms with E-state index in [1.807, 2.05) is 42.6 Å². The van der Waals surface area contributed by atoms with E-state index in [2.05, 4.69) is 39.4 Å². The third-order valence-electron chi connectivity index (χ3n) is 6.31. The van der Waals surface area contributed by atoms with Crippen LogP contribution in [0.15, 0.2) is 36.4 Å². The smallest absolute Gasteiger partial charge is 0.220 e. The van der Waals surface area contributed by atoms with Gasteiger partial charge in [0.2, 0.25) is 5.91 Å². The van der Waals surface area contributed by atoms with Crippen LogP contribution in [-0.4, -0.2) is 45.0 Å². The number of piperidine rings is 1. The first-order chi connectivity index (χ1) is 15.0. The summed E-state index contributed by atoms with van der Waals surface area (Å²) in [4.78, 5) is 20.1. The van der Waals surface area contributed by atoms with Crippen molar-refractivity contribution in [2.45, 2.75) is 58.9 Å². The largest absolute Gasteiger partial charge is 0.348 e. The maximum atomic E-state index is 13.0. The Morgan fingerprint density at radius 1 is 1.10 bits per heavy atom. The standard InChI is InChI=1S/C25H33N5O/c1-18-16-24-26-19(2)22(20(3)30(24)28-18)12-13-25(31)27-23(21-10-6-4-7-11-21)17-29-14-8-5-9-15-29/h4,6-7,10-11,16,23H,5,8-9,12-15,17H2,1-3H3,(H,27,31)/t23-/m1/s1. The number of carbonyl (C=O) groups excluding carboxylic acids is 1. The van der Waals surface area contributed by atoms with Crippen LogP contribution in [-0.2, 0) is 11.2 Å². The molecule has 164 valence electrons. The Labute approximate surface area is 184 Å². The Balaban J connectivity index is 1.45. The lowest BCUT2D eigenvalue weighted by atomic mass is 10.0. The molecule has 0 radical (unpaired) electrons. The molecule has 1 saturated heterocycles. The number of likely N-dealkylation sites (tertiary alicyclic amines) is 1. The van der Waals surface area contributed by atoms with Crippen molar-refractivity contribution in [2.75, 3.05) is 19.6 Å². The van der Waals surface area contributed by atoms with Gasteiger partial charge in [-0.25, -0.2) is 9.50 Å². The maximum Gasteiger partial charge on any atom is 0.220 e. The summed E-state index contributed by atoms with van der Waals surface area (Å²) in [5.41, 5.74) is 6.14. The predicted molar refractivity (Wildman–Crippen MR) is 123 cm³/mol. The number of nitrogens with zero attached hydrogens (tertiary/aromatic N) is 4. The van der Waals surface area contributed by atoms with E-state index in [0.29, 0.717) is 12.8 Å². The van der Waals surface area contributed by atoms with Crippen molar-refractivity contribution in [3.05, 3.63) is 64.6 Å².